The zero-order valence-corrected chi connectivity index (χ0v) is 13.3. The smallest absolute Gasteiger partial charge is 0.251 e. The summed E-state index contributed by atoms with van der Waals surface area (Å²) in [5.41, 5.74) is 1.76. The molecule has 1 aromatic carbocycles. The molecule has 1 unspecified atom stereocenters. The van der Waals surface area contributed by atoms with Crippen molar-refractivity contribution in [3.8, 4) is 0 Å². The number of hydrogen-bond donors (Lipinski definition) is 1. The summed E-state index contributed by atoms with van der Waals surface area (Å²) < 4.78 is 5.42. The Kier molecular flexibility index (Phi) is 6.46. The van der Waals surface area contributed by atoms with Crippen LogP contribution >= 0.6 is 12.4 Å². The Labute approximate surface area is 131 Å². The largest absolute Gasteiger partial charge is 0.468 e. The number of hydrogen-bond acceptors (Lipinski definition) is 3. The van der Waals surface area contributed by atoms with E-state index in [1.165, 1.54) is 0 Å². The van der Waals surface area contributed by atoms with Crippen LogP contribution in [0.1, 0.15) is 27.7 Å². The van der Waals surface area contributed by atoms with Gasteiger partial charge in [0.1, 0.15) is 5.76 Å². The molecule has 2 aromatic rings. The lowest BCUT2D eigenvalue weighted by Crippen LogP contribution is -2.34. The molecule has 2 rings (SSSR count). The number of benzene rings is 1. The van der Waals surface area contributed by atoms with E-state index in [9.17, 15) is 4.79 Å². The average Bonchev–Trinajstić information content (AvgIpc) is 2.92. The van der Waals surface area contributed by atoms with Crippen molar-refractivity contribution in [3.05, 3.63) is 59.5 Å². The van der Waals surface area contributed by atoms with Crippen molar-refractivity contribution in [2.75, 3.05) is 20.6 Å². The zero-order valence-electron chi connectivity index (χ0n) is 12.5. The normalized spacial score (nSPS) is 11.8. The highest BCUT2D eigenvalue weighted by molar-refractivity contribution is 5.94. The lowest BCUT2D eigenvalue weighted by molar-refractivity contribution is 0.0939. The highest BCUT2D eigenvalue weighted by atomic mass is 35.5. The van der Waals surface area contributed by atoms with Crippen LogP contribution in [0.5, 0.6) is 0 Å². The first kappa shape index (κ1) is 17.3. The number of carbonyl (C=O) groups excluding carboxylic acids is 1. The number of nitrogens with one attached hydrogen (secondary N) is 1. The molecule has 0 saturated carbocycles. The summed E-state index contributed by atoms with van der Waals surface area (Å²) in [7, 11) is 3.93. The maximum atomic E-state index is 12.1. The number of amides is 1. The fraction of sp³-hybridized carbons (Fsp3) is 0.312. The predicted molar refractivity (Wildman–Crippen MR) is 85.9 cm³/mol. The minimum atomic E-state index is -0.0629. The van der Waals surface area contributed by atoms with Gasteiger partial charge in [-0.1, -0.05) is 17.7 Å². The van der Waals surface area contributed by atoms with Gasteiger partial charge in [-0.15, -0.1) is 12.4 Å². The molecule has 1 amide bonds. The molecular weight excluding hydrogens is 288 g/mol. The van der Waals surface area contributed by atoms with E-state index in [0.29, 0.717) is 12.1 Å². The minimum absolute atomic E-state index is 0. The van der Waals surface area contributed by atoms with Crippen LogP contribution in [0.2, 0.25) is 0 Å². The van der Waals surface area contributed by atoms with Crippen molar-refractivity contribution < 1.29 is 9.21 Å². The van der Waals surface area contributed by atoms with Crippen LogP contribution in [0.3, 0.4) is 0 Å². The number of aryl methyl sites for hydroxylation is 1. The van der Waals surface area contributed by atoms with Crippen molar-refractivity contribution >= 4 is 18.3 Å². The number of nitrogens with zero attached hydrogens (tertiary/aromatic N) is 1. The molecule has 0 fully saturated rings. The molecule has 0 saturated heterocycles. The van der Waals surface area contributed by atoms with Crippen LogP contribution in [0.4, 0.5) is 0 Å². The molecule has 5 heteroatoms. The maximum Gasteiger partial charge on any atom is 0.251 e. The molecule has 4 nitrogen and oxygen atoms in total. The molecule has 0 aliphatic heterocycles. The molecule has 1 heterocycles. The standard InChI is InChI=1S/C16H20N2O2.ClH/c1-12-6-4-7-13(10-12)16(19)17-11-14(18(2)3)15-8-5-9-20-15;/h4-10,14H,11H2,1-3H3,(H,17,19);1H. The number of furan rings is 1. The topological polar surface area (TPSA) is 45.5 Å². The summed E-state index contributed by atoms with van der Waals surface area (Å²) in [6, 6.07) is 11.4. The Hall–Kier alpha value is -1.78. The number of carbonyl (C=O) groups is 1. The molecule has 114 valence electrons. The van der Waals surface area contributed by atoms with E-state index < -0.39 is 0 Å². The van der Waals surface area contributed by atoms with Gasteiger partial charge in [-0.25, -0.2) is 0 Å². The number of rotatable bonds is 5. The fourth-order valence-corrected chi connectivity index (χ4v) is 2.10. The lowest BCUT2D eigenvalue weighted by atomic mass is 10.1. The second-order valence-corrected chi connectivity index (χ2v) is 5.07. The molecule has 1 atom stereocenters. The SMILES string of the molecule is Cc1cccc(C(=O)NCC(c2ccco2)N(C)C)c1.Cl. The van der Waals surface area contributed by atoms with Crippen LogP contribution in [0, 0.1) is 6.92 Å². The van der Waals surface area contributed by atoms with E-state index in [1.807, 2.05) is 62.3 Å². The quantitative estimate of drug-likeness (QED) is 0.923. The lowest BCUT2D eigenvalue weighted by Gasteiger charge is -2.22. The van der Waals surface area contributed by atoms with Gasteiger partial charge in [-0.2, -0.15) is 0 Å². The van der Waals surface area contributed by atoms with Crippen LogP contribution < -0.4 is 5.32 Å². The first-order valence-corrected chi connectivity index (χ1v) is 6.62. The Morgan fingerprint density at radius 2 is 2.05 bits per heavy atom. The maximum absolute atomic E-state index is 12.1. The summed E-state index contributed by atoms with van der Waals surface area (Å²) >= 11 is 0. The minimum Gasteiger partial charge on any atom is -0.468 e. The Morgan fingerprint density at radius 1 is 1.29 bits per heavy atom. The van der Waals surface area contributed by atoms with Crippen molar-refractivity contribution in [2.45, 2.75) is 13.0 Å². The molecule has 1 N–H and O–H groups in total. The van der Waals surface area contributed by atoms with Crippen molar-refractivity contribution in [2.24, 2.45) is 0 Å². The van der Waals surface area contributed by atoms with E-state index >= 15 is 0 Å². The molecule has 21 heavy (non-hydrogen) atoms. The third-order valence-corrected chi connectivity index (χ3v) is 3.23. The third-order valence-electron chi connectivity index (χ3n) is 3.23. The third kappa shape index (κ3) is 4.62. The van der Waals surface area contributed by atoms with Crippen LogP contribution in [0.25, 0.3) is 0 Å². The molecule has 0 aliphatic rings. The summed E-state index contributed by atoms with van der Waals surface area (Å²) in [5.74, 6) is 0.784. The zero-order chi connectivity index (χ0) is 14.5. The summed E-state index contributed by atoms with van der Waals surface area (Å²) in [6.07, 6.45) is 1.65. The van der Waals surface area contributed by atoms with Crippen LogP contribution in [0.15, 0.2) is 47.1 Å². The van der Waals surface area contributed by atoms with E-state index in [1.54, 1.807) is 6.26 Å². The first-order valence-electron chi connectivity index (χ1n) is 6.62. The fourth-order valence-electron chi connectivity index (χ4n) is 2.10. The van der Waals surface area contributed by atoms with Gasteiger partial charge in [0.15, 0.2) is 0 Å². The molecule has 0 spiro atoms. The van der Waals surface area contributed by atoms with E-state index in [2.05, 4.69) is 5.32 Å². The monoisotopic (exact) mass is 308 g/mol. The van der Waals surface area contributed by atoms with Crippen LogP contribution in [-0.4, -0.2) is 31.4 Å². The van der Waals surface area contributed by atoms with Gasteiger partial charge in [-0.05, 0) is 45.3 Å². The van der Waals surface area contributed by atoms with E-state index in [0.717, 1.165) is 11.3 Å². The van der Waals surface area contributed by atoms with Gasteiger partial charge in [0.2, 0.25) is 0 Å². The highest BCUT2D eigenvalue weighted by Gasteiger charge is 2.18. The molecular formula is C16H21ClN2O2. The molecule has 0 bridgehead atoms. The highest BCUT2D eigenvalue weighted by Crippen LogP contribution is 2.17. The van der Waals surface area contributed by atoms with Gasteiger partial charge in [0.25, 0.3) is 5.91 Å². The summed E-state index contributed by atoms with van der Waals surface area (Å²) in [4.78, 5) is 14.2. The van der Waals surface area contributed by atoms with Crippen molar-refractivity contribution in [1.29, 1.82) is 0 Å². The molecule has 0 aliphatic carbocycles. The Bertz CT molecular complexity index is 567. The van der Waals surface area contributed by atoms with E-state index in [-0.39, 0.29) is 24.4 Å². The summed E-state index contributed by atoms with van der Waals surface area (Å²) in [6.45, 7) is 2.48. The van der Waals surface area contributed by atoms with Gasteiger partial charge in [0, 0.05) is 12.1 Å². The van der Waals surface area contributed by atoms with Gasteiger partial charge in [0.05, 0.1) is 12.3 Å². The van der Waals surface area contributed by atoms with Gasteiger partial charge < -0.3 is 9.73 Å². The van der Waals surface area contributed by atoms with Gasteiger partial charge in [-0.3, -0.25) is 9.69 Å². The van der Waals surface area contributed by atoms with Gasteiger partial charge >= 0.3 is 0 Å². The number of likely N-dealkylation sites (N-methyl/N-ethyl adjacent to an activating group) is 1. The summed E-state index contributed by atoms with van der Waals surface area (Å²) in [5, 5.41) is 2.96. The Morgan fingerprint density at radius 3 is 2.62 bits per heavy atom. The van der Waals surface area contributed by atoms with Crippen molar-refractivity contribution in [1.82, 2.24) is 10.2 Å². The second-order valence-electron chi connectivity index (χ2n) is 5.07. The number of halogens is 1. The second kappa shape index (κ2) is 7.86. The van der Waals surface area contributed by atoms with Crippen LogP contribution in [-0.2, 0) is 0 Å². The Balaban J connectivity index is 0.00000220. The van der Waals surface area contributed by atoms with Crippen molar-refractivity contribution in [3.63, 3.8) is 0 Å². The van der Waals surface area contributed by atoms with E-state index in [4.69, 9.17) is 4.42 Å². The average molecular weight is 309 g/mol. The predicted octanol–water partition coefficient (Wildman–Crippen LogP) is 3.04. The molecule has 0 radical (unpaired) electrons. The molecule has 1 aromatic heterocycles. The first-order chi connectivity index (χ1) is 9.58.